The maximum Gasteiger partial charge on any atom is 0.153 e. The van der Waals surface area contributed by atoms with Crippen LogP contribution in [0, 0.1) is 0 Å². The molecule has 9 heavy (non-hydrogen) atoms. The van der Waals surface area contributed by atoms with Crippen molar-refractivity contribution in [2.24, 2.45) is 0 Å². The first-order valence-corrected chi connectivity index (χ1v) is 5.40. The van der Waals surface area contributed by atoms with E-state index in [9.17, 15) is 0 Å². The molecule has 0 spiro atoms. The first-order valence-electron chi connectivity index (χ1n) is 3.40. The van der Waals surface area contributed by atoms with Gasteiger partial charge in [-0.3, -0.25) is 0 Å². The summed E-state index contributed by atoms with van der Waals surface area (Å²) in [5.41, 5.74) is 0. The van der Waals surface area contributed by atoms with Crippen LogP contribution in [-0.4, -0.2) is 30.0 Å². The maximum atomic E-state index is 5.01. The molecule has 0 amide bonds. The van der Waals surface area contributed by atoms with Crippen LogP contribution in [0.5, 0.6) is 0 Å². The van der Waals surface area contributed by atoms with Crippen LogP contribution in [0.3, 0.4) is 0 Å². The molecule has 0 saturated heterocycles. The second kappa shape index (κ2) is 6.26. The highest BCUT2D eigenvalue weighted by Crippen LogP contribution is 1.98. The van der Waals surface area contributed by atoms with Crippen LogP contribution in [0.4, 0.5) is 0 Å². The highest BCUT2D eigenvalue weighted by atomic mass is 28.2. The Balaban J connectivity index is 3.09. The van der Waals surface area contributed by atoms with Crippen LogP contribution >= 0.6 is 0 Å². The fourth-order valence-electron chi connectivity index (χ4n) is 0.703. The minimum Gasteiger partial charge on any atom is -0.356 e. The second-order valence-electron chi connectivity index (χ2n) is 2.04. The fraction of sp³-hybridized carbons (Fsp3) is 1.00. The zero-order chi connectivity index (χ0) is 7.11. The average Bonchev–Trinajstić information content (AvgIpc) is 1.91. The molecule has 56 valence electrons. The van der Waals surface area contributed by atoms with Gasteiger partial charge in [-0.05, 0) is 6.04 Å². The molecule has 0 atom stereocenters. The fourth-order valence-corrected chi connectivity index (χ4v) is 1.92. The van der Waals surface area contributed by atoms with Crippen LogP contribution in [0.25, 0.3) is 0 Å². The lowest BCUT2D eigenvalue weighted by atomic mass is 10.7. The van der Waals surface area contributed by atoms with E-state index in [-0.39, 0.29) is 15.8 Å². The van der Waals surface area contributed by atoms with Gasteiger partial charge < -0.3 is 9.47 Å². The van der Waals surface area contributed by atoms with Gasteiger partial charge in [0.05, 0.1) is 0 Å². The Kier molecular flexibility index (Phi) is 6.35. The number of hydrogen-bond donors (Lipinski definition) is 0. The zero-order valence-corrected chi connectivity index (χ0v) is 7.93. The van der Waals surface area contributed by atoms with E-state index in [0.717, 1.165) is 6.04 Å². The van der Waals surface area contributed by atoms with Crippen molar-refractivity contribution in [2.45, 2.75) is 25.3 Å². The lowest BCUT2D eigenvalue weighted by Crippen LogP contribution is -2.14. The van der Waals surface area contributed by atoms with Gasteiger partial charge in [0.2, 0.25) is 0 Å². The van der Waals surface area contributed by atoms with Gasteiger partial charge in [0, 0.05) is 23.7 Å². The summed E-state index contributed by atoms with van der Waals surface area (Å²) >= 11 is 0. The van der Waals surface area contributed by atoms with Crippen LogP contribution in [0.2, 0.25) is 12.1 Å². The number of hydrogen-bond acceptors (Lipinski definition) is 2. The largest absolute Gasteiger partial charge is 0.356 e. The molecule has 0 unspecified atom stereocenters. The smallest absolute Gasteiger partial charge is 0.153 e. The molecular formula is C6H16O2Si. The third-order valence-corrected chi connectivity index (χ3v) is 2.91. The van der Waals surface area contributed by atoms with Gasteiger partial charge in [-0.15, -0.1) is 0 Å². The molecule has 0 saturated carbocycles. The van der Waals surface area contributed by atoms with E-state index in [4.69, 9.17) is 9.47 Å². The Labute approximate surface area is 59.4 Å². The Morgan fingerprint density at radius 2 is 1.89 bits per heavy atom. The van der Waals surface area contributed by atoms with Crippen molar-refractivity contribution >= 4 is 9.52 Å². The van der Waals surface area contributed by atoms with Crippen LogP contribution in [0.1, 0.15) is 6.92 Å². The molecule has 0 rings (SSSR count). The molecule has 0 aliphatic carbocycles. The molecule has 0 aromatic carbocycles. The summed E-state index contributed by atoms with van der Waals surface area (Å²) in [5.74, 6) is 0. The van der Waals surface area contributed by atoms with Gasteiger partial charge in [0.1, 0.15) is 0 Å². The van der Waals surface area contributed by atoms with Crippen LogP contribution in [0.15, 0.2) is 0 Å². The summed E-state index contributed by atoms with van der Waals surface area (Å²) in [6, 6.07) is 2.48. The Bertz CT molecular complexity index is 55.0. The van der Waals surface area contributed by atoms with Crippen molar-refractivity contribution in [1.29, 1.82) is 0 Å². The normalized spacial score (nSPS) is 12.0. The zero-order valence-electron chi connectivity index (χ0n) is 6.52. The quantitative estimate of drug-likeness (QED) is 0.420. The molecule has 2 nitrogen and oxygen atoms in total. The van der Waals surface area contributed by atoms with E-state index in [2.05, 4.69) is 6.92 Å². The van der Waals surface area contributed by atoms with Crippen LogP contribution in [-0.2, 0) is 9.47 Å². The molecule has 0 fully saturated rings. The maximum absolute atomic E-state index is 5.01. The van der Waals surface area contributed by atoms with Crippen molar-refractivity contribution in [1.82, 2.24) is 0 Å². The Morgan fingerprint density at radius 1 is 1.33 bits per heavy atom. The summed E-state index contributed by atoms with van der Waals surface area (Å²) in [5, 5.41) is 0. The van der Waals surface area contributed by atoms with Crippen molar-refractivity contribution in [3.05, 3.63) is 0 Å². The SMILES string of the molecule is CC[SiH2]CC(OC)OC. The summed E-state index contributed by atoms with van der Waals surface area (Å²) in [7, 11) is 3.49. The van der Waals surface area contributed by atoms with Crippen molar-refractivity contribution in [3.63, 3.8) is 0 Å². The monoisotopic (exact) mass is 148 g/mol. The molecule has 0 aromatic rings. The standard InChI is InChI=1S/C6H16O2Si/c1-4-9-5-6(7-2)8-3/h6H,4-5,9H2,1-3H3. The number of ether oxygens (including phenoxy) is 2. The van der Waals surface area contributed by atoms with Crippen molar-refractivity contribution in [3.8, 4) is 0 Å². The topological polar surface area (TPSA) is 18.5 Å². The predicted octanol–water partition coefficient (Wildman–Crippen LogP) is 0.631. The van der Waals surface area contributed by atoms with Gasteiger partial charge in [0.25, 0.3) is 0 Å². The molecule has 0 heterocycles. The van der Waals surface area contributed by atoms with Gasteiger partial charge in [0.15, 0.2) is 6.29 Å². The van der Waals surface area contributed by atoms with Gasteiger partial charge in [-0.25, -0.2) is 0 Å². The van der Waals surface area contributed by atoms with Crippen molar-refractivity contribution < 1.29 is 9.47 Å². The molecule has 0 aliphatic heterocycles. The molecule has 0 bridgehead atoms. The average molecular weight is 148 g/mol. The van der Waals surface area contributed by atoms with E-state index < -0.39 is 0 Å². The lowest BCUT2D eigenvalue weighted by Gasteiger charge is -2.11. The van der Waals surface area contributed by atoms with Crippen LogP contribution < -0.4 is 0 Å². The third-order valence-electron chi connectivity index (χ3n) is 1.32. The number of rotatable bonds is 5. The van der Waals surface area contributed by atoms with E-state index in [1.807, 2.05) is 0 Å². The molecule has 0 aromatic heterocycles. The van der Waals surface area contributed by atoms with E-state index in [0.29, 0.717) is 0 Å². The molecule has 0 N–H and O–H groups in total. The summed E-state index contributed by atoms with van der Waals surface area (Å²) < 4.78 is 10.0. The van der Waals surface area contributed by atoms with Crippen molar-refractivity contribution in [2.75, 3.05) is 14.2 Å². The highest BCUT2D eigenvalue weighted by molar-refractivity contribution is 6.35. The van der Waals surface area contributed by atoms with E-state index in [1.165, 1.54) is 6.04 Å². The van der Waals surface area contributed by atoms with E-state index in [1.54, 1.807) is 14.2 Å². The molecular weight excluding hydrogens is 132 g/mol. The summed E-state index contributed by atoms with van der Waals surface area (Å²) in [6.07, 6.45) is 0.0663. The highest BCUT2D eigenvalue weighted by Gasteiger charge is 2.01. The molecule has 3 heteroatoms. The second-order valence-corrected chi connectivity index (χ2v) is 4.33. The Hall–Kier alpha value is 0.137. The summed E-state index contributed by atoms with van der Waals surface area (Å²) in [6.45, 7) is 2.22. The first kappa shape index (κ1) is 9.14. The third kappa shape index (κ3) is 4.63. The van der Waals surface area contributed by atoms with Gasteiger partial charge in [-0.2, -0.15) is 0 Å². The predicted molar refractivity (Wildman–Crippen MR) is 41.6 cm³/mol. The molecule has 0 radical (unpaired) electrons. The lowest BCUT2D eigenvalue weighted by molar-refractivity contribution is -0.0876. The van der Waals surface area contributed by atoms with Gasteiger partial charge in [-0.1, -0.05) is 13.0 Å². The minimum absolute atomic E-state index is 0.0663. The minimum atomic E-state index is 0.0663. The number of methoxy groups -OCH3 is 2. The van der Waals surface area contributed by atoms with E-state index >= 15 is 0 Å². The Morgan fingerprint density at radius 3 is 2.22 bits per heavy atom. The van der Waals surface area contributed by atoms with Gasteiger partial charge >= 0.3 is 0 Å². The summed E-state index contributed by atoms with van der Waals surface area (Å²) in [4.78, 5) is 0. The molecule has 0 aliphatic rings. The first-order chi connectivity index (χ1) is 4.35.